The molecule has 3 saturated heterocycles. The Morgan fingerprint density at radius 2 is 2.16 bits per heavy atom. The maximum Gasteiger partial charge on any atom is 0.266 e. The van der Waals surface area contributed by atoms with Crippen molar-refractivity contribution in [2.75, 3.05) is 19.6 Å². The van der Waals surface area contributed by atoms with Crippen molar-refractivity contribution in [3.05, 3.63) is 45.7 Å². The highest BCUT2D eigenvalue weighted by Crippen LogP contribution is 2.31. The molecule has 5 rings (SSSR count). The van der Waals surface area contributed by atoms with Gasteiger partial charge in [0, 0.05) is 44.6 Å². The van der Waals surface area contributed by atoms with Gasteiger partial charge in [-0.05, 0) is 44.2 Å². The number of thiazole rings is 1. The fraction of sp³-hybridized carbons (Fsp3) is 0.526. The Bertz CT molecular complexity index is 760. The van der Waals surface area contributed by atoms with Crippen LogP contribution >= 0.6 is 11.3 Å². The lowest BCUT2D eigenvalue weighted by Gasteiger charge is -2.36. The summed E-state index contributed by atoms with van der Waals surface area (Å²) in [7, 11) is 0. The molecule has 132 valence electrons. The number of nitrogens with zero attached hydrogens (tertiary/aromatic N) is 4. The molecule has 0 unspecified atom stereocenters. The summed E-state index contributed by atoms with van der Waals surface area (Å²) in [6.07, 6.45) is 6.09. The van der Waals surface area contributed by atoms with Crippen LogP contribution in [0.15, 0.2) is 24.5 Å². The van der Waals surface area contributed by atoms with E-state index in [-0.39, 0.29) is 5.91 Å². The third-order valence-corrected chi connectivity index (χ3v) is 6.34. The van der Waals surface area contributed by atoms with E-state index >= 15 is 0 Å². The fourth-order valence-electron chi connectivity index (χ4n) is 4.17. The first-order valence-electron chi connectivity index (χ1n) is 8.96. The van der Waals surface area contributed by atoms with E-state index in [9.17, 15) is 4.79 Å². The highest BCUT2D eigenvalue weighted by atomic mass is 32.1. The molecule has 3 aliphatic heterocycles. The van der Waals surface area contributed by atoms with E-state index in [4.69, 9.17) is 0 Å². The summed E-state index contributed by atoms with van der Waals surface area (Å²) in [5.41, 5.74) is 2.12. The van der Waals surface area contributed by atoms with Crippen LogP contribution in [0.4, 0.5) is 0 Å². The summed E-state index contributed by atoms with van der Waals surface area (Å²) in [4.78, 5) is 27.2. The highest BCUT2D eigenvalue weighted by Gasteiger charge is 2.38. The van der Waals surface area contributed by atoms with Crippen LogP contribution in [0.25, 0.3) is 0 Å². The van der Waals surface area contributed by atoms with E-state index in [0.29, 0.717) is 12.0 Å². The van der Waals surface area contributed by atoms with Gasteiger partial charge in [0.25, 0.3) is 5.91 Å². The summed E-state index contributed by atoms with van der Waals surface area (Å²) in [6, 6.07) is 4.43. The number of fused-ring (bicyclic) bond motifs is 4. The topological polar surface area (TPSA) is 49.3 Å². The van der Waals surface area contributed by atoms with Crippen molar-refractivity contribution in [2.24, 2.45) is 5.92 Å². The van der Waals surface area contributed by atoms with E-state index in [1.165, 1.54) is 23.3 Å². The van der Waals surface area contributed by atoms with Crippen molar-refractivity contribution >= 4 is 17.2 Å². The van der Waals surface area contributed by atoms with Gasteiger partial charge in [-0.1, -0.05) is 6.07 Å². The largest absolute Gasteiger partial charge is 0.333 e. The Labute approximate surface area is 152 Å². The van der Waals surface area contributed by atoms with Gasteiger partial charge in [0.1, 0.15) is 4.88 Å². The smallest absolute Gasteiger partial charge is 0.266 e. The molecule has 0 saturated carbocycles. The fourth-order valence-corrected chi connectivity index (χ4v) is 5.04. The maximum atomic E-state index is 13.1. The van der Waals surface area contributed by atoms with Crippen molar-refractivity contribution in [1.82, 2.24) is 19.8 Å². The minimum atomic E-state index is 0.182. The predicted molar refractivity (Wildman–Crippen MR) is 98.7 cm³/mol. The molecular weight excluding hydrogens is 332 g/mol. The molecule has 2 atom stereocenters. The van der Waals surface area contributed by atoms with E-state index in [0.717, 1.165) is 48.2 Å². The van der Waals surface area contributed by atoms with Crippen molar-refractivity contribution in [3.63, 3.8) is 0 Å². The number of pyridine rings is 1. The van der Waals surface area contributed by atoms with Crippen molar-refractivity contribution in [3.8, 4) is 0 Å². The first-order chi connectivity index (χ1) is 12.1. The number of amides is 1. The van der Waals surface area contributed by atoms with E-state index in [1.807, 2.05) is 32.3 Å². The summed E-state index contributed by atoms with van der Waals surface area (Å²) in [6.45, 7) is 7.73. The van der Waals surface area contributed by atoms with Gasteiger partial charge in [0.15, 0.2) is 0 Å². The summed E-state index contributed by atoms with van der Waals surface area (Å²) < 4.78 is 0. The van der Waals surface area contributed by atoms with E-state index < -0.39 is 0 Å². The second-order valence-electron chi connectivity index (χ2n) is 7.26. The highest BCUT2D eigenvalue weighted by molar-refractivity contribution is 7.13. The SMILES string of the molecule is Cc1nc(C)c(C(=O)N2C[C@H]3CC[C@@H]2CN(Cc2cccnc2)C3)s1. The molecule has 2 bridgehead atoms. The number of carbonyl (C=O) groups excluding carboxylic acids is 1. The Balaban J connectivity index is 1.51. The average molecular weight is 356 g/mol. The lowest BCUT2D eigenvalue weighted by atomic mass is 9.95. The lowest BCUT2D eigenvalue weighted by molar-refractivity contribution is 0.0589. The molecule has 0 radical (unpaired) electrons. The van der Waals surface area contributed by atoms with Gasteiger partial charge in [0.2, 0.25) is 0 Å². The number of hydrogen-bond acceptors (Lipinski definition) is 5. The third-order valence-electron chi connectivity index (χ3n) is 5.28. The standard InChI is InChI=1S/C19H24N4OS/c1-13-18(25-14(2)21-13)19(24)23-11-16-5-6-17(23)12-22(10-16)9-15-4-3-7-20-8-15/h3-4,7-8,16-17H,5-6,9-12H2,1-2H3/t16-,17+/m0/s1. The zero-order valence-electron chi connectivity index (χ0n) is 14.8. The molecule has 6 heteroatoms. The van der Waals surface area contributed by atoms with Crippen molar-refractivity contribution < 1.29 is 4.79 Å². The number of carbonyl (C=O) groups is 1. The van der Waals surface area contributed by atoms with Gasteiger partial charge in [-0.25, -0.2) is 4.98 Å². The molecule has 5 nitrogen and oxygen atoms in total. The molecule has 1 amide bonds. The van der Waals surface area contributed by atoms with Gasteiger partial charge in [-0.2, -0.15) is 0 Å². The first-order valence-corrected chi connectivity index (χ1v) is 9.78. The molecule has 5 heterocycles. The molecule has 2 aromatic rings. The maximum absolute atomic E-state index is 13.1. The number of aryl methyl sites for hydroxylation is 2. The number of rotatable bonds is 3. The second kappa shape index (κ2) is 6.84. The van der Waals surface area contributed by atoms with Crippen LogP contribution in [0.5, 0.6) is 0 Å². The van der Waals surface area contributed by atoms with Crippen LogP contribution < -0.4 is 0 Å². The Hall–Kier alpha value is -1.79. The van der Waals surface area contributed by atoms with Crippen LogP contribution in [-0.2, 0) is 6.54 Å². The van der Waals surface area contributed by atoms with Crippen LogP contribution in [0.1, 0.15) is 38.8 Å². The average Bonchev–Trinajstić information content (AvgIpc) is 2.76. The molecule has 3 fully saturated rings. The van der Waals surface area contributed by atoms with Gasteiger partial charge >= 0.3 is 0 Å². The molecular formula is C19H24N4OS. The summed E-state index contributed by atoms with van der Waals surface area (Å²) in [5.74, 6) is 0.745. The molecule has 0 N–H and O–H groups in total. The van der Waals surface area contributed by atoms with Crippen LogP contribution in [0.2, 0.25) is 0 Å². The minimum Gasteiger partial charge on any atom is -0.333 e. The Morgan fingerprint density at radius 1 is 1.28 bits per heavy atom. The third kappa shape index (κ3) is 3.46. The molecule has 3 aliphatic rings. The predicted octanol–water partition coefficient (Wildman–Crippen LogP) is 2.89. The lowest BCUT2D eigenvalue weighted by Crippen LogP contribution is -2.47. The molecule has 2 aromatic heterocycles. The Kier molecular flexibility index (Phi) is 4.56. The minimum absolute atomic E-state index is 0.182. The Morgan fingerprint density at radius 3 is 2.88 bits per heavy atom. The quantitative estimate of drug-likeness (QED) is 0.848. The van der Waals surface area contributed by atoms with Crippen LogP contribution in [0.3, 0.4) is 0 Å². The van der Waals surface area contributed by atoms with E-state index in [1.54, 1.807) is 0 Å². The van der Waals surface area contributed by atoms with Gasteiger partial charge < -0.3 is 4.90 Å². The molecule has 0 spiro atoms. The number of piperidine rings is 1. The van der Waals surface area contributed by atoms with Gasteiger partial charge in [-0.15, -0.1) is 11.3 Å². The van der Waals surface area contributed by atoms with Gasteiger partial charge in [-0.3, -0.25) is 14.7 Å². The summed E-state index contributed by atoms with van der Waals surface area (Å²) in [5, 5.41) is 0.971. The molecule has 0 aliphatic carbocycles. The van der Waals surface area contributed by atoms with Crippen LogP contribution in [0, 0.1) is 19.8 Å². The summed E-state index contributed by atoms with van der Waals surface area (Å²) >= 11 is 1.53. The molecule has 25 heavy (non-hydrogen) atoms. The first kappa shape index (κ1) is 16.7. The zero-order chi connectivity index (χ0) is 17.4. The normalized spacial score (nSPS) is 23.7. The number of hydrogen-bond donors (Lipinski definition) is 0. The zero-order valence-corrected chi connectivity index (χ0v) is 15.6. The monoisotopic (exact) mass is 356 g/mol. The van der Waals surface area contributed by atoms with Gasteiger partial charge in [0.05, 0.1) is 10.7 Å². The second-order valence-corrected chi connectivity index (χ2v) is 8.46. The molecule has 0 aromatic carbocycles. The number of aromatic nitrogens is 2. The van der Waals surface area contributed by atoms with Crippen molar-refractivity contribution in [2.45, 2.75) is 39.3 Å². The van der Waals surface area contributed by atoms with Crippen LogP contribution in [-0.4, -0.2) is 51.4 Å². The van der Waals surface area contributed by atoms with Crippen molar-refractivity contribution in [1.29, 1.82) is 0 Å². The van der Waals surface area contributed by atoms with E-state index in [2.05, 4.69) is 25.8 Å².